The van der Waals surface area contributed by atoms with Crippen LogP contribution >= 0.6 is 0 Å². The maximum Gasteiger partial charge on any atom is 0.334 e. The predicted molar refractivity (Wildman–Crippen MR) is 71.4 cm³/mol. The average molecular weight is 319 g/mol. The molecule has 4 N–H and O–H groups in total. The van der Waals surface area contributed by atoms with Crippen LogP contribution in [0.5, 0.6) is 0 Å². The fourth-order valence-corrected chi connectivity index (χ4v) is 2.00. The molecule has 1 aromatic rings. The van der Waals surface area contributed by atoms with Gasteiger partial charge in [-0.15, -0.1) is 0 Å². The van der Waals surface area contributed by atoms with Crippen molar-refractivity contribution in [3.63, 3.8) is 0 Å². The van der Waals surface area contributed by atoms with Gasteiger partial charge in [0, 0.05) is 13.2 Å². The lowest BCUT2D eigenvalue weighted by Crippen LogP contribution is -2.30. The van der Waals surface area contributed by atoms with Gasteiger partial charge in [-0.1, -0.05) is 0 Å². The van der Waals surface area contributed by atoms with E-state index in [0.29, 0.717) is 0 Å². The molecule has 1 rings (SSSR count). The van der Waals surface area contributed by atoms with Crippen molar-refractivity contribution >= 4 is 27.4 Å². The SMILES string of the molecule is COC(CNc1ccc(S(N)(=O)=O)cc1[N+](=O)[O-])C(=O)O. The number of hydrogen-bond acceptors (Lipinski definition) is 7. The van der Waals surface area contributed by atoms with Gasteiger partial charge in [0.25, 0.3) is 5.69 Å². The maximum absolute atomic E-state index is 11.2. The van der Waals surface area contributed by atoms with Crippen LogP contribution in [0.1, 0.15) is 0 Å². The topological polar surface area (TPSA) is 162 Å². The summed E-state index contributed by atoms with van der Waals surface area (Å²) >= 11 is 0. The van der Waals surface area contributed by atoms with Crippen LogP contribution in [0.2, 0.25) is 0 Å². The van der Waals surface area contributed by atoms with Crippen molar-refractivity contribution < 1.29 is 28.0 Å². The lowest BCUT2D eigenvalue weighted by molar-refractivity contribution is -0.384. The first-order chi connectivity index (χ1) is 9.66. The second-order valence-electron chi connectivity index (χ2n) is 3.92. The molecule has 0 aliphatic rings. The minimum Gasteiger partial charge on any atom is -0.479 e. The number of methoxy groups -OCH3 is 1. The Morgan fingerprint density at radius 2 is 2.19 bits per heavy atom. The number of hydrogen-bond donors (Lipinski definition) is 3. The molecule has 10 nitrogen and oxygen atoms in total. The number of nitrogens with one attached hydrogen (secondary N) is 1. The van der Waals surface area contributed by atoms with E-state index in [0.717, 1.165) is 18.2 Å². The van der Waals surface area contributed by atoms with E-state index in [2.05, 4.69) is 10.1 Å². The van der Waals surface area contributed by atoms with Crippen molar-refractivity contribution in [3.8, 4) is 0 Å². The van der Waals surface area contributed by atoms with Gasteiger partial charge in [0.2, 0.25) is 10.0 Å². The molecule has 0 fully saturated rings. The highest BCUT2D eigenvalue weighted by atomic mass is 32.2. The highest BCUT2D eigenvalue weighted by Crippen LogP contribution is 2.27. The minimum atomic E-state index is -4.08. The smallest absolute Gasteiger partial charge is 0.334 e. The van der Waals surface area contributed by atoms with Gasteiger partial charge in [0.05, 0.1) is 16.4 Å². The Kier molecular flexibility index (Phi) is 5.18. The van der Waals surface area contributed by atoms with E-state index in [-0.39, 0.29) is 12.2 Å². The number of carbonyl (C=O) groups is 1. The normalized spacial score (nSPS) is 12.7. The van der Waals surface area contributed by atoms with Crippen molar-refractivity contribution in [2.45, 2.75) is 11.0 Å². The fraction of sp³-hybridized carbons (Fsp3) is 0.300. The van der Waals surface area contributed by atoms with E-state index in [1.54, 1.807) is 0 Å². The van der Waals surface area contributed by atoms with Crippen molar-refractivity contribution in [3.05, 3.63) is 28.3 Å². The summed E-state index contributed by atoms with van der Waals surface area (Å²) in [7, 11) is -2.90. The lowest BCUT2D eigenvalue weighted by atomic mass is 10.2. The molecule has 0 aromatic heterocycles. The molecular weight excluding hydrogens is 306 g/mol. The Morgan fingerprint density at radius 3 is 2.62 bits per heavy atom. The van der Waals surface area contributed by atoms with E-state index in [1.807, 2.05) is 0 Å². The van der Waals surface area contributed by atoms with Crippen LogP contribution in [-0.2, 0) is 19.6 Å². The van der Waals surface area contributed by atoms with Crippen LogP contribution in [0.3, 0.4) is 0 Å². The van der Waals surface area contributed by atoms with Crippen LogP contribution in [0.15, 0.2) is 23.1 Å². The number of nitrogens with two attached hydrogens (primary N) is 1. The molecule has 0 bridgehead atoms. The summed E-state index contributed by atoms with van der Waals surface area (Å²) in [5.41, 5.74) is -0.586. The van der Waals surface area contributed by atoms with E-state index in [1.165, 1.54) is 7.11 Å². The first-order valence-electron chi connectivity index (χ1n) is 5.47. The third-order valence-electron chi connectivity index (χ3n) is 2.53. The number of carboxylic acids is 1. The molecular formula is C10H13N3O7S. The van der Waals surface area contributed by atoms with Crippen LogP contribution in [0.25, 0.3) is 0 Å². The zero-order valence-corrected chi connectivity index (χ0v) is 11.7. The largest absolute Gasteiger partial charge is 0.479 e. The standard InChI is InChI=1S/C10H13N3O7S/c1-20-9(10(14)15)5-12-7-3-2-6(21(11,18)19)4-8(7)13(16)17/h2-4,9,12H,5H2,1H3,(H,14,15)(H2,11,18,19). The first-order valence-corrected chi connectivity index (χ1v) is 7.02. The van der Waals surface area contributed by atoms with E-state index in [4.69, 9.17) is 10.2 Å². The number of ether oxygens (including phenoxy) is 1. The fourth-order valence-electron chi connectivity index (χ4n) is 1.46. The van der Waals surface area contributed by atoms with Gasteiger partial charge in [-0.3, -0.25) is 10.1 Å². The monoisotopic (exact) mass is 319 g/mol. The summed E-state index contributed by atoms with van der Waals surface area (Å²) in [6.07, 6.45) is -1.21. The molecule has 0 aliphatic carbocycles. The Morgan fingerprint density at radius 1 is 1.57 bits per heavy atom. The molecule has 0 saturated carbocycles. The van der Waals surface area contributed by atoms with Crippen LogP contribution in [0.4, 0.5) is 11.4 Å². The molecule has 0 spiro atoms. The van der Waals surface area contributed by atoms with Gasteiger partial charge in [0.15, 0.2) is 6.10 Å². The molecule has 0 aliphatic heterocycles. The zero-order chi connectivity index (χ0) is 16.2. The number of primary sulfonamides is 1. The number of anilines is 1. The average Bonchev–Trinajstić information content (AvgIpc) is 2.37. The molecule has 0 heterocycles. The first kappa shape index (κ1) is 16.8. The van der Waals surface area contributed by atoms with Crippen molar-refractivity contribution in [2.24, 2.45) is 5.14 Å². The van der Waals surface area contributed by atoms with Gasteiger partial charge < -0.3 is 15.2 Å². The Labute approximate surface area is 119 Å². The van der Waals surface area contributed by atoms with Gasteiger partial charge in [-0.05, 0) is 12.1 Å². The summed E-state index contributed by atoms with van der Waals surface area (Å²) in [5.74, 6) is -1.24. The van der Waals surface area contributed by atoms with Crippen molar-refractivity contribution in [2.75, 3.05) is 19.0 Å². The number of carboxylic acid groups (broad SMARTS) is 1. The second-order valence-corrected chi connectivity index (χ2v) is 5.49. The molecule has 1 aromatic carbocycles. The quantitative estimate of drug-likeness (QED) is 0.458. The van der Waals surface area contributed by atoms with Gasteiger partial charge >= 0.3 is 5.97 Å². The predicted octanol–water partition coefficient (Wildman–Crippen LogP) is -0.246. The van der Waals surface area contributed by atoms with Gasteiger partial charge in [-0.25, -0.2) is 18.4 Å². The number of benzene rings is 1. The number of sulfonamides is 1. The number of nitro groups is 1. The minimum absolute atomic E-state index is 0.0456. The summed E-state index contributed by atoms with van der Waals surface area (Å²) in [4.78, 5) is 20.5. The van der Waals surface area contributed by atoms with E-state index in [9.17, 15) is 23.3 Å². The number of nitrogens with zero attached hydrogens (tertiary/aromatic N) is 1. The number of aliphatic carboxylic acids is 1. The van der Waals surface area contributed by atoms with Crippen LogP contribution < -0.4 is 10.5 Å². The summed E-state index contributed by atoms with van der Waals surface area (Å²) < 4.78 is 27.0. The van der Waals surface area contributed by atoms with Gasteiger partial charge in [0.1, 0.15) is 5.69 Å². The van der Waals surface area contributed by atoms with Crippen LogP contribution in [0, 0.1) is 10.1 Å². The third kappa shape index (κ3) is 4.37. The second kappa shape index (κ2) is 6.47. The third-order valence-corrected chi connectivity index (χ3v) is 3.44. The molecule has 0 saturated heterocycles. The molecule has 11 heteroatoms. The van der Waals surface area contributed by atoms with E-state index < -0.39 is 37.6 Å². The Balaban J connectivity index is 3.08. The van der Waals surface area contributed by atoms with Crippen molar-refractivity contribution in [1.82, 2.24) is 0 Å². The molecule has 1 atom stereocenters. The summed E-state index contributed by atoms with van der Waals surface area (Å²) in [5, 5.41) is 27.1. The van der Waals surface area contributed by atoms with Crippen LogP contribution in [-0.4, -0.2) is 44.2 Å². The highest BCUT2D eigenvalue weighted by molar-refractivity contribution is 7.89. The van der Waals surface area contributed by atoms with E-state index >= 15 is 0 Å². The molecule has 0 radical (unpaired) electrons. The molecule has 0 amide bonds. The molecule has 116 valence electrons. The molecule has 21 heavy (non-hydrogen) atoms. The summed E-state index contributed by atoms with van der Waals surface area (Å²) in [6.45, 7) is -0.235. The highest BCUT2D eigenvalue weighted by Gasteiger charge is 2.21. The van der Waals surface area contributed by atoms with Crippen molar-refractivity contribution in [1.29, 1.82) is 0 Å². The number of rotatable bonds is 7. The zero-order valence-electron chi connectivity index (χ0n) is 10.8. The summed E-state index contributed by atoms with van der Waals surface area (Å²) in [6, 6.07) is 3.00. The number of nitro benzene ring substituents is 1. The lowest BCUT2D eigenvalue weighted by Gasteiger charge is -2.13. The van der Waals surface area contributed by atoms with Gasteiger partial charge in [-0.2, -0.15) is 0 Å². The Bertz CT molecular complexity index is 659. The maximum atomic E-state index is 11.2. The Hall–Kier alpha value is -2.24. The molecule has 1 unspecified atom stereocenters.